The van der Waals surface area contributed by atoms with Crippen molar-refractivity contribution in [3.05, 3.63) is 11.1 Å². The van der Waals surface area contributed by atoms with E-state index in [-0.39, 0.29) is 11.5 Å². The molecule has 2 N–H and O–H groups in total. The lowest BCUT2D eigenvalue weighted by Crippen LogP contribution is -2.02. The Bertz CT molecular complexity index is 348. The quantitative estimate of drug-likeness (QED) is 0.774. The fraction of sp³-hybridized carbons (Fsp3) is 0.500. The second-order valence-corrected chi connectivity index (χ2v) is 3.47. The maximum Gasteiger partial charge on any atom is 0.168 e. The summed E-state index contributed by atoms with van der Waals surface area (Å²) in [5.74, 6) is 0.697. The molecular weight excluding hydrogens is 208 g/mol. The van der Waals surface area contributed by atoms with Crippen LogP contribution < -0.4 is 9.47 Å². The summed E-state index contributed by atoms with van der Waals surface area (Å²) in [5.41, 5.74) is 0.988. The summed E-state index contributed by atoms with van der Waals surface area (Å²) >= 11 is 0. The highest BCUT2D eigenvalue weighted by Gasteiger charge is 2.20. The van der Waals surface area contributed by atoms with Crippen LogP contribution in [-0.4, -0.2) is 23.4 Å². The zero-order valence-electron chi connectivity index (χ0n) is 10.1. The van der Waals surface area contributed by atoms with Crippen LogP contribution in [0.15, 0.2) is 0 Å². The van der Waals surface area contributed by atoms with Crippen molar-refractivity contribution < 1.29 is 19.7 Å². The van der Waals surface area contributed by atoms with Crippen LogP contribution in [0.4, 0.5) is 0 Å². The standard InChI is InChI=1S/C12H18O4/c1-5-15-11-7(3)9(13)10(14)8(4)12(11)16-6-2/h13-14H,5-6H2,1-4H3. The fourth-order valence-electron chi connectivity index (χ4n) is 1.55. The zero-order valence-corrected chi connectivity index (χ0v) is 10.1. The summed E-state index contributed by atoms with van der Waals surface area (Å²) in [6.45, 7) is 8.03. The van der Waals surface area contributed by atoms with Crippen LogP contribution in [0.3, 0.4) is 0 Å². The Balaban J connectivity index is 3.42. The molecule has 4 nitrogen and oxygen atoms in total. The Morgan fingerprint density at radius 1 is 0.812 bits per heavy atom. The highest BCUT2D eigenvalue weighted by molar-refractivity contribution is 5.64. The second kappa shape index (κ2) is 4.96. The molecule has 0 aliphatic carbocycles. The molecule has 0 unspecified atom stereocenters. The number of rotatable bonds is 4. The van der Waals surface area contributed by atoms with Gasteiger partial charge in [0, 0.05) is 11.1 Å². The average molecular weight is 226 g/mol. The van der Waals surface area contributed by atoms with Crippen LogP contribution in [0.1, 0.15) is 25.0 Å². The first-order valence-corrected chi connectivity index (χ1v) is 5.35. The topological polar surface area (TPSA) is 58.9 Å². The second-order valence-electron chi connectivity index (χ2n) is 3.47. The summed E-state index contributed by atoms with van der Waals surface area (Å²) < 4.78 is 10.9. The Morgan fingerprint density at radius 2 is 1.12 bits per heavy atom. The van der Waals surface area contributed by atoms with Gasteiger partial charge in [0.1, 0.15) is 0 Å². The monoisotopic (exact) mass is 226 g/mol. The molecule has 90 valence electrons. The average Bonchev–Trinajstić information content (AvgIpc) is 2.28. The minimum atomic E-state index is -0.149. The molecular formula is C12H18O4. The van der Waals surface area contributed by atoms with E-state index in [9.17, 15) is 10.2 Å². The van der Waals surface area contributed by atoms with Gasteiger partial charge in [-0.1, -0.05) is 0 Å². The van der Waals surface area contributed by atoms with Crippen molar-refractivity contribution in [3.8, 4) is 23.0 Å². The molecule has 16 heavy (non-hydrogen) atoms. The number of aromatic hydroxyl groups is 2. The lowest BCUT2D eigenvalue weighted by molar-refractivity contribution is 0.278. The van der Waals surface area contributed by atoms with E-state index in [0.717, 1.165) is 0 Å². The Labute approximate surface area is 95.4 Å². The van der Waals surface area contributed by atoms with Crippen molar-refractivity contribution >= 4 is 0 Å². The summed E-state index contributed by atoms with van der Waals surface area (Å²) in [7, 11) is 0. The summed E-state index contributed by atoms with van der Waals surface area (Å²) in [4.78, 5) is 0. The molecule has 0 radical (unpaired) electrons. The zero-order chi connectivity index (χ0) is 12.3. The molecule has 1 aromatic rings. The van der Waals surface area contributed by atoms with Crippen molar-refractivity contribution in [1.29, 1.82) is 0 Å². The molecule has 0 saturated carbocycles. The fourth-order valence-corrected chi connectivity index (χ4v) is 1.55. The van der Waals surface area contributed by atoms with Gasteiger partial charge in [-0.3, -0.25) is 0 Å². The number of hydrogen-bond acceptors (Lipinski definition) is 4. The van der Waals surface area contributed by atoms with Gasteiger partial charge in [0.25, 0.3) is 0 Å². The van der Waals surface area contributed by atoms with Gasteiger partial charge in [0.2, 0.25) is 0 Å². The van der Waals surface area contributed by atoms with E-state index in [1.54, 1.807) is 13.8 Å². The predicted octanol–water partition coefficient (Wildman–Crippen LogP) is 2.51. The molecule has 1 rings (SSSR count). The van der Waals surface area contributed by atoms with E-state index in [1.807, 2.05) is 13.8 Å². The van der Waals surface area contributed by atoms with Crippen LogP contribution in [0.5, 0.6) is 23.0 Å². The van der Waals surface area contributed by atoms with E-state index in [4.69, 9.17) is 9.47 Å². The van der Waals surface area contributed by atoms with Crippen LogP contribution in [0, 0.1) is 13.8 Å². The third-order valence-electron chi connectivity index (χ3n) is 2.40. The Hall–Kier alpha value is -1.58. The van der Waals surface area contributed by atoms with E-state index < -0.39 is 0 Å². The number of hydrogen-bond donors (Lipinski definition) is 2. The van der Waals surface area contributed by atoms with Crippen molar-refractivity contribution in [2.75, 3.05) is 13.2 Å². The van der Waals surface area contributed by atoms with Gasteiger partial charge in [0.05, 0.1) is 13.2 Å². The summed E-state index contributed by atoms with van der Waals surface area (Å²) in [6.07, 6.45) is 0. The van der Waals surface area contributed by atoms with Crippen molar-refractivity contribution in [1.82, 2.24) is 0 Å². The maximum absolute atomic E-state index is 9.70. The smallest absolute Gasteiger partial charge is 0.168 e. The first-order chi connectivity index (χ1) is 7.54. The lowest BCUT2D eigenvalue weighted by Gasteiger charge is -2.18. The molecule has 0 amide bonds. The molecule has 4 heteroatoms. The minimum Gasteiger partial charge on any atom is -0.504 e. The van der Waals surface area contributed by atoms with E-state index in [1.165, 1.54) is 0 Å². The van der Waals surface area contributed by atoms with E-state index >= 15 is 0 Å². The summed E-state index contributed by atoms with van der Waals surface area (Å²) in [5, 5.41) is 19.4. The molecule has 0 aliphatic rings. The van der Waals surface area contributed by atoms with Crippen molar-refractivity contribution in [2.24, 2.45) is 0 Å². The normalized spacial score (nSPS) is 10.2. The number of ether oxygens (including phenoxy) is 2. The molecule has 0 aliphatic heterocycles. The van der Waals surface area contributed by atoms with E-state index in [2.05, 4.69) is 0 Å². The van der Waals surface area contributed by atoms with Crippen LogP contribution in [-0.2, 0) is 0 Å². The first-order valence-electron chi connectivity index (χ1n) is 5.35. The van der Waals surface area contributed by atoms with Gasteiger partial charge < -0.3 is 19.7 Å². The van der Waals surface area contributed by atoms with Crippen LogP contribution in [0.25, 0.3) is 0 Å². The molecule has 1 aromatic carbocycles. The molecule has 0 aromatic heterocycles. The largest absolute Gasteiger partial charge is 0.504 e. The van der Waals surface area contributed by atoms with Gasteiger partial charge >= 0.3 is 0 Å². The van der Waals surface area contributed by atoms with Gasteiger partial charge in [-0.2, -0.15) is 0 Å². The molecule has 0 bridgehead atoms. The van der Waals surface area contributed by atoms with Crippen molar-refractivity contribution in [2.45, 2.75) is 27.7 Å². The summed E-state index contributed by atoms with van der Waals surface area (Å²) in [6, 6.07) is 0. The SMILES string of the molecule is CCOc1c(C)c(O)c(O)c(C)c1OCC. The Morgan fingerprint density at radius 3 is 1.38 bits per heavy atom. The van der Waals surface area contributed by atoms with Crippen LogP contribution in [0.2, 0.25) is 0 Å². The van der Waals surface area contributed by atoms with Gasteiger partial charge in [-0.25, -0.2) is 0 Å². The number of phenols is 2. The minimum absolute atomic E-state index is 0.149. The van der Waals surface area contributed by atoms with Gasteiger partial charge in [-0.05, 0) is 27.7 Å². The third-order valence-corrected chi connectivity index (χ3v) is 2.40. The van der Waals surface area contributed by atoms with Crippen molar-refractivity contribution in [3.63, 3.8) is 0 Å². The number of benzene rings is 1. The Kier molecular flexibility index (Phi) is 3.88. The van der Waals surface area contributed by atoms with E-state index in [0.29, 0.717) is 35.8 Å². The predicted molar refractivity (Wildman–Crippen MR) is 61.6 cm³/mol. The molecule has 0 atom stereocenters. The van der Waals surface area contributed by atoms with Gasteiger partial charge in [-0.15, -0.1) is 0 Å². The third kappa shape index (κ3) is 2.01. The molecule has 0 fully saturated rings. The molecule has 0 heterocycles. The maximum atomic E-state index is 9.70. The molecule has 0 spiro atoms. The highest BCUT2D eigenvalue weighted by Crippen LogP contribution is 2.46. The highest BCUT2D eigenvalue weighted by atomic mass is 16.5. The molecule has 0 saturated heterocycles. The van der Waals surface area contributed by atoms with Gasteiger partial charge in [0.15, 0.2) is 23.0 Å². The number of phenolic OH excluding ortho intramolecular Hbond substituents is 2. The van der Waals surface area contributed by atoms with Crippen LogP contribution >= 0.6 is 0 Å². The first kappa shape index (κ1) is 12.5. The lowest BCUT2D eigenvalue weighted by atomic mass is 10.1.